The molecule has 1 aromatic heterocycles. The van der Waals surface area contributed by atoms with Gasteiger partial charge in [0.25, 0.3) is 0 Å². The average Bonchev–Trinajstić information content (AvgIpc) is 2.94. The second kappa shape index (κ2) is 6.56. The van der Waals surface area contributed by atoms with Crippen molar-refractivity contribution in [2.24, 2.45) is 5.92 Å². The van der Waals surface area contributed by atoms with E-state index in [0.29, 0.717) is 18.8 Å². The molecule has 0 saturated carbocycles. The zero-order valence-electron chi connectivity index (χ0n) is 13.0. The molecule has 2 rings (SSSR count). The van der Waals surface area contributed by atoms with Crippen molar-refractivity contribution in [2.45, 2.75) is 58.7 Å². The monoisotopic (exact) mass is 309 g/mol. The van der Waals surface area contributed by atoms with Gasteiger partial charge in [0, 0.05) is 11.6 Å². The van der Waals surface area contributed by atoms with Gasteiger partial charge in [-0.25, -0.2) is 4.98 Å². The Morgan fingerprint density at radius 2 is 2.10 bits per heavy atom. The Balaban J connectivity index is 2.28. The molecule has 6 heteroatoms. The molecule has 0 aromatic carbocycles. The molecular weight excluding hydrogens is 286 g/mol. The second-order valence-corrected chi connectivity index (χ2v) is 6.83. The lowest BCUT2D eigenvalue weighted by atomic mass is 9.96. The van der Waals surface area contributed by atoms with Crippen LogP contribution < -0.4 is 5.32 Å². The predicted octanol–water partition coefficient (Wildman–Crippen LogP) is 2.36. The molecule has 0 bridgehead atoms. The molecule has 2 heterocycles. The third-order valence-corrected chi connectivity index (χ3v) is 4.77. The van der Waals surface area contributed by atoms with E-state index >= 15 is 0 Å². The van der Waals surface area contributed by atoms with Gasteiger partial charge in [0.15, 0.2) is 0 Å². The summed E-state index contributed by atoms with van der Waals surface area (Å²) in [5, 5.41) is 5.65. The first-order valence-electron chi connectivity index (χ1n) is 7.47. The number of rotatable bonds is 5. The summed E-state index contributed by atoms with van der Waals surface area (Å²) in [6, 6.07) is -0.981. The Bertz CT molecular complexity index is 501. The second-order valence-electron chi connectivity index (χ2n) is 5.91. The molecule has 2 amide bonds. The molecule has 1 saturated heterocycles. The van der Waals surface area contributed by atoms with E-state index in [-0.39, 0.29) is 17.9 Å². The highest BCUT2D eigenvalue weighted by atomic mass is 32.1. The number of aromatic nitrogens is 1. The fourth-order valence-electron chi connectivity index (χ4n) is 2.82. The van der Waals surface area contributed by atoms with Crippen LogP contribution in [0.2, 0.25) is 0 Å². The smallest absolute Gasteiger partial charge is 0.246 e. The molecule has 0 spiro atoms. The van der Waals surface area contributed by atoms with E-state index in [0.717, 1.165) is 5.01 Å². The number of nitrogens with zero attached hydrogens (tertiary/aromatic N) is 2. The maximum absolute atomic E-state index is 12.8. The number of hydrogen-bond acceptors (Lipinski definition) is 4. The SMILES string of the molecule is CCC1C(=O)NC(CC(C)C)C(=O)N1C(C)c1nccs1. The van der Waals surface area contributed by atoms with Gasteiger partial charge >= 0.3 is 0 Å². The zero-order valence-corrected chi connectivity index (χ0v) is 13.8. The number of carbonyl (C=O) groups excluding carboxylic acids is 2. The van der Waals surface area contributed by atoms with Crippen LogP contribution in [0, 0.1) is 5.92 Å². The average molecular weight is 309 g/mol. The summed E-state index contributed by atoms with van der Waals surface area (Å²) in [6.45, 7) is 7.99. The highest BCUT2D eigenvalue weighted by Crippen LogP contribution is 2.29. The van der Waals surface area contributed by atoms with Gasteiger partial charge in [-0.1, -0.05) is 20.8 Å². The molecule has 0 aliphatic carbocycles. The topological polar surface area (TPSA) is 62.3 Å². The van der Waals surface area contributed by atoms with Crippen molar-refractivity contribution in [2.75, 3.05) is 0 Å². The molecule has 1 fully saturated rings. The maximum Gasteiger partial charge on any atom is 0.246 e. The van der Waals surface area contributed by atoms with Gasteiger partial charge in [-0.15, -0.1) is 11.3 Å². The van der Waals surface area contributed by atoms with Crippen molar-refractivity contribution in [3.8, 4) is 0 Å². The molecule has 1 aliphatic heterocycles. The summed E-state index contributed by atoms with van der Waals surface area (Å²) < 4.78 is 0. The number of nitrogens with one attached hydrogen (secondary N) is 1. The Kier molecular flexibility index (Phi) is 4.98. The van der Waals surface area contributed by atoms with Crippen LogP contribution in [0.4, 0.5) is 0 Å². The van der Waals surface area contributed by atoms with Crippen LogP contribution in [-0.2, 0) is 9.59 Å². The molecule has 0 radical (unpaired) electrons. The lowest BCUT2D eigenvalue weighted by molar-refractivity contribution is -0.152. The van der Waals surface area contributed by atoms with Crippen molar-refractivity contribution in [3.05, 3.63) is 16.6 Å². The number of piperazine rings is 1. The summed E-state index contributed by atoms with van der Waals surface area (Å²) in [5.41, 5.74) is 0. The Morgan fingerprint density at radius 1 is 1.38 bits per heavy atom. The highest BCUT2D eigenvalue weighted by molar-refractivity contribution is 7.09. The minimum absolute atomic E-state index is 0.0119. The van der Waals surface area contributed by atoms with Gasteiger partial charge in [-0.05, 0) is 25.7 Å². The summed E-state index contributed by atoms with van der Waals surface area (Å²) in [7, 11) is 0. The van der Waals surface area contributed by atoms with Crippen molar-refractivity contribution < 1.29 is 9.59 Å². The van der Waals surface area contributed by atoms with Crippen LogP contribution >= 0.6 is 11.3 Å². The van der Waals surface area contributed by atoms with E-state index in [9.17, 15) is 9.59 Å². The third-order valence-electron chi connectivity index (χ3n) is 3.83. The molecule has 116 valence electrons. The van der Waals surface area contributed by atoms with Gasteiger partial charge < -0.3 is 10.2 Å². The highest BCUT2D eigenvalue weighted by Gasteiger charge is 2.42. The molecule has 3 atom stereocenters. The molecule has 3 unspecified atom stereocenters. The third kappa shape index (κ3) is 3.26. The number of hydrogen-bond donors (Lipinski definition) is 1. The van der Waals surface area contributed by atoms with Crippen LogP contribution in [0.15, 0.2) is 11.6 Å². The van der Waals surface area contributed by atoms with Gasteiger partial charge in [0.05, 0.1) is 6.04 Å². The summed E-state index contributed by atoms with van der Waals surface area (Å²) >= 11 is 1.52. The van der Waals surface area contributed by atoms with E-state index in [1.54, 1.807) is 11.1 Å². The molecule has 1 aliphatic rings. The van der Waals surface area contributed by atoms with Crippen LogP contribution in [0.1, 0.15) is 51.6 Å². The number of thiazole rings is 1. The van der Waals surface area contributed by atoms with E-state index < -0.39 is 12.1 Å². The normalized spacial score (nSPS) is 24.3. The van der Waals surface area contributed by atoms with E-state index in [1.165, 1.54) is 11.3 Å². The van der Waals surface area contributed by atoms with E-state index in [4.69, 9.17) is 0 Å². The summed E-state index contributed by atoms with van der Waals surface area (Å²) in [5.74, 6) is 0.318. The number of carbonyl (C=O) groups is 2. The molecule has 1 aromatic rings. The van der Waals surface area contributed by atoms with Gasteiger partial charge in [0.1, 0.15) is 17.1 Å². The van der Waals surface area contributed by atoms with Gasteiger partial charge in [-0.2, -0.15) is 0 Å². The molecule has 1 N–H and O–H groups in total. The maximum atomic E-state index is 12.8. The van der Waals surface area contributed by atoms with Crippen molar-refractivity contribution >= 4 is 23.2 Å². The lowest BCUT2D eigenvalue weighted by Gasteiger charge is -2.41. The first-order valence-corrected chi connectivity index (χ1v) is 8.35. The summed E-state index contributed by atoms with van der Waals surface area (Å²) in [4.78, 5) is 31.2. The first-order chi connectivity index (χ1) is 9.95. The van der Waals surface area contributed by atoms with Crippen molar-refractivity contribution in [3.63, 3.8) is 0 Å². The fourth-order valence-corrected chi connectivity index (χ4v) is 3.52. The first kappa shape index (κ1) is 15.9. The van der Waals surface area contributed by atoms with Crippen LogP contribution in [0.25, 0.3) is 0 Å². The Morgan fingerprint density at radius 3 is 2.62 bits per heavy atom. The van der Waals surface area contributed by atoms with E-state index in [1.807, 2.05) is 19.2 Å². The Labute approximate surface area is 129 Å². The van der Waals surface area contributed by atoms with Crippen molar-refractivity contribution in [1.82, 2.24) is 15.2 Å². The predicted molar refractivity (Wildman–Crippen MR) is 82.8 cm³/mol. The largest absolute Gasteiger partial charge is 0.342 e. The molecular formula is C15H23N3O2S. The van der Waals surface area contributed by atoms with Crippen LogP contribution in [0.5, 0.6) is 0 Å². The van der Waals surface area contributed by atoms with Crippen LogP contribution in [0.3, 0.4) is 0 Å². The Hall–Kier alpha value is -1.43. The number of amides is 2. The zero-order chi connectivity index (χ0) is 15.6. The van der Waals surface area contributed by atoms with Crippen LogP contribution in [-0.4, -0.2) is 33.8 Å². The van der Waals surface area contributed by atoms with E-state index in [2.05, 4.69) is 24.1 Å². The summed E-state index contributed by atoms with van der Waals surface area (Å²) in [6.07, 6.45) is 3.02. The van der Waals surface area contributed by atoms with Gasteiger partial charge in [-0.3, -0.25) is 9.59 Å². The van der Waals surface area contributed by atoms with Crippen molar-refractivity contribution in [1.29, 1.82) is 0 Å². The lowest BCUT2D eigenvalue weighted by Crippen LogP contribution is -2.63. The standard InChI is InChI=1S/C15H23N3O2S/c1-5-12-13(19)17-11(8-9(2)3)15(20)18(12)10(4)14-16-6-7-21-14/h6-7,9-12H,5,8H2,1-4H3,(H,17,19). The van der Waals surface area contributed by atoms with Gasteiger partial charge in [0.2, 0.25) is 11.8 Å². The fraction of sp³-hybridized carbons (Fsp3) is 0.667. The minimum atomic E-state index is -0.414. The molecule has 5 nitrogen and oxygen atoms in total. The molecule has 21 heavy (non-hydrogen) atoms. The quantitative estimate of drug-likeness (QED) is 0.908. The minimum Gasteiger partial charge on any atom is -0.342 e.